The molecule has 0 saturated heterocycles. The molecule has 0 atom stereocenters. The van der Waals surface area contributed by atoms with E-state index in [9.17, 15) is 8.42 Å². The van der Waals surface area contributed by atoms with Crippen LogP contribution in [-0.2, 0) is 10.0 Å². The van der Waals surface area contributed by atoms with Gasteiger partial charge in [-0.15, -0.1) is 0 Å². The molecule has 0 spiro atoms. The molecule has 20 heavy (non-hydrogen) atoms. The van der Waals surface area contributed by atoms with Gasteiger partial charge in [0.1, 0.15) is 0 Å². The standard InChI is InChI=1S/C15H18N2O2S/c1-10-5-4-6-13(9-10)20(18,19)17-15-12(3)11(2)7-8-14(15)16/h4-9,17H,16H2,1-3H3. The van der Waals surface area contributed by atoms with Crippen molar-refractivity contribution in [2.75, 3.05) is 10.5 Å². The molecule has 0 bridgehead atoms. The highest BCUT2D eigenvalue weighted by Gasteiger charge is 2.17. The van der Waals surface area contributed by atoms with Gasteiger partial charge in [0.25, 0.3) is 10.0 Å². The third-order valence-corrected chi connectivity index (χ3v) is 4.65. The number of nitrogen functional groups attached to an aromatic ring is 1. The number of nitrogens with one attached hydrogen (secondary N) is 1. The van der Waals surface area contributed by atoms with Crippen molar-refractivity contribution in [2.24, 2.45) is 0 Å². The lowest BCUT2D eigenvalue weighted by Crippen LogP contribution is -2.15. The Morgan fingerprint density at radius 3 is 2.40 bits per heavy atom. The second-order valence-electron chi connectivity index (χ2n) is 4.89. The number of hydrogen-bond acceptors (Lipinski definition) is 3. The zero-order chi connectivity index (χ0) is 14.9. The number of nitrogens with two attached hydrogens (primary N) is 1. The number of rotatable bonds is 3. The number of hydrogen-bond donors (Lipinski definition) is 2. The lowest BCUT2D eigenvalue weighted by atomic mass is 10.1. The van der Waals surface area contributed by atoms with Gasteiger partial charge in [-0.1, -0.05) is 18.2 Å². The van der Waals surface area contributed by atoms with E-state index in [0.29, 0.717) is 11.4 Å². The van der Waals surface area contributed by atoms with Crippen LogP contribution < -0.4 is 10.5 Å². The topological polar surface area (TPSA) is 72.2 Å². The van der Waals surface area contributed by atoms with Crippen LogP contribution in [-0.4, -0.2) is 8.42 Å². The smallest absolute Gasteiger partial charge is 0.261 e. The first-order valence-electron chi connectivity index (χ1n) is 6.26. The van der Waals surface area contributed by atoms with Gasteiger partial charge in [-0.05, 0) is 55.7 Å². The van der Waals surface area contributed by atoms with E-state index in [1.807, 2.05) is 32.9 Å². The van der Waals surface area contributed by atoms with Crippen LogP contribution in [0.15, 0.2) is 41.3 Å². The Bertz CT molecular complexity index is 752. The van der Waals surface area contributed by atoms with Crippen LogP contribution in [0.4, 0.5) is 11.4 Å². The molecule has 0 aliphatic carbocycles. The van der Waals surface area contributed by atoms with E-state index in [0.717, 1.165) is 16.7 Å². The van der Waals surface area contributed by atoms with E-state index >= 15 is 0 Å². The summed E-state index contributed by atoms with van der Waals surface area (Å²) in [7, 11) is -3.63. The normalized spacial score (nSPS) is 11.3. The van der Waals surface area contributed by atoms with Crippen LogP contribution in [0, 0.1) is 20.8 Å². The van der Waals surface area contributed by atoms with Gasteiger partial charge in [-0.25, -0.2) is 8.42 Å². The average Bonchev–Trinajstić information content (AvgIpc) is 2.39. The first-order chi connectivity index (χ1) is 9.31. The molecule has 0 fully saturated rings. The third kappa shape index (κ3) is 2.77. The van der Waals surface area contributed by atoms with Crippen LogP contribution in [0.5, 0.6) is 0 Å². The van der Waals surface area contributed by atoms with Crippen molar-refractivity contribution in [1.29, 1.82) is 0 Å². The fraction of sp³-hybridized carbons (Fsp3) is 0.200. The second-order valence-corrected chi connectivity index (χ2v) is 6.58. The van der Waals surface area contributed by atoms with Crippen molar-refractivity contribution < 1.29 is 8.42 Å². The molecule has 0 unspecified atom stereocenters. The van der Waals surface area contributed by atoms with Crippen molar-refractivity contribution in [3.8, 4) is 0 Å². The van der Waals surface area contributed by atoms with Gasteiger partial charge in [0.05, 0.1) is 16.3 Å². The highest BCUT2D eigenvalue weighted by Crippen LogP contribution is 2.28. The number of aryl methyl sites for hydroxylation is 2. The molecule has 0 aliphatic rings. The molecule has 2 rings (SSSR count). The minimum absolute atomic E-state index is 0.234. The van der Waals surface area contributed by atoms with Gasteiger partial charge >= 0.3 is 0 Å². The summed E-state index contributed by atoms with van der Waals surface area (Å²) in [6.45, 7) is 5.62. The molecule has 0 amide bonds. The molecular weight excluding hydrogens is 272 g/mol. The Morgan fingerprint density at radius 1 is 1.05 bits per heavy atom. The van der Waals surface area contributed by atoms with Gasteiger partial charge in [0, 0.05) is 0 Å². The molecule has 4 nitrogen and oxygen atoms in total. The Morgan fingerprint density at radius 2 is 1.75 bits per heavy atom. The number of benzene rings is 2. The summed E-state index contributed by atoms with van der Waals surface area (Å²) in [5.74, 6) is 0. The Balaban J connectivity index is 2.47. The Kier molecular flexibility index (Phi) is 3.72. The minimum atomic E-state index is -3.63. The summed E-state index contributed by atoms with van der Waals surface area (Å²) in [6.07, 6.45) is 0. The van der Waals surface area contributed by atoms with Gasteiger partial charge in [-0.3, -0.25) is 4.72 Å². The predicted octanol–water partition coefficient (Wildman–Crippen LogP) is 2.99. The quantitative estimate of drug-likeness (QED) is 0.854. The van der Waals surface area contributed by atoms with Crippen LogP contribution in [0.3, 0.4) is 0 Å². The maximum atomic E-state index is 12.4. The van der Waals surface area contributed by atoms with Gasteiger partial charge in [0.2, 0.25) is 0 Å². The first-order valence-corrected chi connectivity index (χ1v) is 7.75. The summed E-state index contributed by atoms with van der Waals surface area (Å²) in [6, 6.07) is 10.3. The summed E-state index contributed by atoms with van der Waals surface area (Å²) in [4.78, 5) is 0.234. The summed E-state index contributed by atoms with van der Waals surface area (Å²) in [5.41, 5.74) is 9.46. The zero-order valence-corrected chi connectivity index (χ0v) is 12.6. The monoisotopic (exact) mass is 290 g/mol. The molecule has 2 aromatic rings. The van der Waals surface area contributed by atoms with Crippen LogP contribution in [0.2, 0.25) is 0 Å². The van der Waals surface area contributed by atoms with E-state index in [4.69, 9.17) is 5.73 Å². The SMILES string of the molecule is Cc1cccc(S(=O)(=O)Nc2c(N)ccc(C)c2C)c1. The largest absolute Gasteiger partial charge is 0.397 e. The van der Waals surface area contributed by atoms with Crippen LogP contribution in [0.25, 0.3) is 0 Å². The van der Waals surface area contributed by atoms with Gasteiger partial charge in [0.15, 0.2) is 0 Å². The molecular formula is C15H18N2O2S. The maximum absolute atomic E-state index is 12.4. The number of anilines is 2. The molecule has 5 heteroatoms. The van der Waals surface area contributed by atoms with E-state index < -0.39 is 10.0 Å². The summed E-state index contributed by atoms with van der Waals surface area (Å²) < 4.78 is 27.4. The summed E-state index contributed by atoms with van der Waals surface area (Å²) in [5, 5.41) is 0. The molecule has 0 aliphatic heterocycles. The molecule has 0 heterocycles. The highest BCUT2D eigenvalue weighted by atomic mass is 32.2. The van der Waals surface area contributed by atoms with Crippen LogP contribution >= 0.6 is 0 Å². The third-order valence-electron chi connectivity index (χ3n) is 3.30. The number of sulfonamides is 1. The lowest BCUT2D eigenvalue weighted by molar-refractivity contribution is 0.601. The fourth-order valence-corrected chi connectivity index (χ4v) is 3.20. The van der Waals surface area contributed by atoms with Crippen molar-refractivity contribution in [3.63, 3.8) is 0 Å². The van der Waals surface area contributed by atoms with Crippen LogP contribution in [0.1, 0.15) is 16.7 Å². The van der Waals surface area contributed by atoms with E-state index in [1.165, 1.54) is 0 Å². The van der Waals surface area contributed by atoms with Crippen molar-refractivity contribution in [2.45, 2.75) is 25.7 Å². The molecule has 3 N–H and O–H groups in total. The predicted molar refractivity (Wildman–Crippen MR) is 82.3 cm³/mol. The van der Waals surface area contributed by atoms with Gasteiger partial charge in [-0.2, -0.15) is 0 Å². The molecule has 0 aromatic heterocycles. The Labute approximate surface area is 119 Å². The van der Waals surface area contributed by atoms with E-state index in [1.54, 1.807) is 24.3 Å². The van der Waals surface area contributed by atoms with Crippen molar-refractivity contribution in [3.05, 3.63) is 53.1 Å². The van der Waals surface area contributed by atoms with Crippen molar-refractivity contribution >= 4 is 21.4 Å². The lowest BCUT2D eigenvalue weighted by Gasteiger charge is -2.15. The van der Waals surface area contributed by atoms with Crippen molar-refractivity contribution in [1.82, 2.24) is 0 Å². The average molecular weight is 290 g/mol. The first kappa shape index (κ1) is 14.4. The van der Waals surface area contributed by atoms with E-state index in [2.05, 4.69) is 4.72 Å². The minimum Gasteiger partial charge on any atom is -0.397 e. The molecule has 0 radical (unpaired) electrons. The second kappa shape index (κ2) is 5.17. The molecule has 106 valence electrons. The highest BCUT2D eigenvalue weighted by molar-refractivity contribution is 7.92. The Hall–Kier alpha value is -2.01. The van der Waals surface area contributed by atoms with E-state index in [-0.39, 0.29) is 4.90 Å². The summed E-state index contributed by atoms with van der Waals surface area (Å²) >= 11 is 0. The molecule has 2 aromatic carbocycles. The van der Waals surface area contributed by atoms with Gasteiger partial charge < -0.3 is 5.73 Å². The molecule has 0 saturated carbocycles. The zero-order valence-electron chi connectivity index (χ0n) is 11.8. The fourth-order valence-electron chi connectivity index (χ4n) is 1.95. The maximum Gasteiger partial charge on any atom is 0.261 e.